The molecule has 0 aromatic rings. The van der Waals surface area contributed by atoms with Crippen LogP contribution in [-0.4, -0.2) is 36.9 Å². The van der Waals surface area contributed by atoms with Crippen LogP contribution in [0.3, 0.4) is 0 Å². The summed E-state index contributed by atoms with van der Waals surface area (Å²) in [6.07, 6.45) is 6.01. The number of hydrogen-bond acceptors (Lipinski definition) is 4. The lowest BCUT2D eigenvalue weighted by Gasteiger charge is -2.07. The van der Waals surface area contributed by atoms with Crippen molar-refractivity contribution in [2.75, 3.05) is 13.1 Å². The Morgan fingerprint density at radius 3 is 2.29 bits per heavy atom. The minimum Gasteiger partial charge on any atom is -0.288 e. The predicted molar refractivity (Wildman–Crippen MR) is 50.3 cm³/mol. The fourth-order valence-corrected chi connectivity index (χ4v) is 1.01. The number of rotatable bonds is 9. The maximum absolute atomic E-state index is 10.2. The smallest absolute Gasteiger partial charge is 0.234 e. The van der Waals surface area contributed by atoms with Crippen LogP contribution in [0.4, 0.5) is 0 Å². The first-order valence-electron chi connectivity index (χ1n) is 4.55. The summed E-state index contributed by atoms with van der Waals surface area (Å²) < 4.78 is 0. The fraction of sp³-hybridized carbons (Fsp3) is 0.667. The molecule has 0 rings (SSSR count). The maximum Gasteiger partial charge on any atom is 0.234 e. The first kappa shape index (κ1) is 12.5. The molecule has 0 radical (unpaired) electrons. The van der Waals surface area contributed by atoms with E-state index < -0.39 is 0 Å². The summed E-state index contributed by atoms with van der Waals surface area (Å²) in [4.78, 5) is 34.5. The van der Waals surface area contributed by atoms with Crippen LogP contribution in [0.1, 0.15) is 25.7 Å². The first-order valence-corrected chi connectivity index (χ1v) is 4.55. The average molecular weight is 198 g/mol. The number of carbonyl (C=O) groups excluding carboxylic acids is 3. The van der Waals surface area contributed by atoms with Crippen molar-refractivity contribution in [2.45, 2.75) is 25.7 Å². The highest BCUT2D eigenvalue weighted by Gasteiger charge is 1.97. The van der Waals surface area contributed by atoms with Crippen LogP contribution in [0.25, 0.3) is 0 Å². The molecule has 0 aromatic heterocycles. The number of aliphatic imine (C=N–C) groups is 1. The Bertz CT molecular complexity index is 204. The Kier molecular flexibility index (Phi) is 8.59. The Labute approximate surface area is 82.8 Å². The van der Waals surface area contributed by atoms with Crippen LogP contribution in [0.5, 0.6) is 0 Å². The molecule has 0 saturated heterocycles. The third-order valence-electron chi connectivity index (χ3n) is 1.77. The van der Waals surface area contributed by atoms with Crippen molar-refractivity contribution in [1.82, 2.24) is 4.90 Å². The summed E-state index contributed by atoms with van der Waals surface area (Å²) in [6, 6.07) is 0. The van der Waals surface area contributed by atoms with Crippen LogP contribution in [-0.2, 0) is 14.4 Å². The van der Waals surface area contributed by atoms with Gasteiger partial charge in [-0.1, -0.05) is 12.8 Å². The lowest BCUT2D eigenvalue weighted by Crippen LogP contribution is -2.20. The van der Waals surface area contributed by atoms with Crippen molar-refractivity contribution in [2.24, 2.45) is 4.99 Å². The van der Waals surface area contributed by atoms with Crippen molar-refractivity contribution < 1.29 is 14.4 Å². The number of nitrogens with zero attached hydrogens (tertiary/aromatic N) is 2. The molecule has 0 aliphatic rings. The number of imide groups is 1. The zero-order chi connectivity index (χ0) is 10.6. The Hall–Kier alpha value is -1.48. The molecular formula is C9H14N2O3. The molecule has 78 valence electrons. The number of carbonyl (C=O) groups is 2. The van der Waals surface area contributed by atoms with E-state index in [0.29, 0.717) is 25.9 Å². The van der Waals surface area contributed by atoms with Crippen LogP contribution < -0.4 is 0 Å². The molecule has 5 heteroatoms. The summed E-state index contributed by atoms with van der Waals surface area (Å²) >= 11 is 0. The van der Waals surface area contributed by atoms with Gasteiger partial charge in [0.25, 0.3) is 0 Å². The molecule has 5 nitrogen and oxygen atoms in total. The van der Waals surface area contributed by atoms with Crippen LogP contribution in [0, 0.1) is 0 Å². The van der Waals surface area contributed by atoms with E-state index >= 15 is 0 Å². The first-order chi connectivity index (χ1) is 6.85. The highest BCUT2D eigenvalue weighted by atomic mass is 16.2. The van der Waals surface area contributed by atoms with Crippen LogP contribution >= 0.6 is 0 Å². The monoisotopic (exact) mass is 198 g/mol. The maximum atomic E-state index is 10.2. The standard InChI is InChI=1S/C9H14N2O3/c12-7-10-5-3-1-2-4-6-11(8-13)9-14/h8-9H,1-6H2. The molecular weight excluding hydrogens is 184 g/mol. The van der Waals surface area contributed by atoms with Crippen molar-refractivity contribution in [3.05, 3.63) is 0 Å². The molecule has 0 N–H and O–H groups in total. The van der Waals surface area contributed by atoms with E-state index in [4.69, 9.17) is 0 Å². The van der Waals surface area contributed by atoms with Gasteiger partial charge in [0.1, 0.15) is 0 Å². The van der Waals surface area contributed by atoms with Crippen molar-refractivity contribution in [3.63, 3.8) is 0 Å². The largest absolute Gasteiger partial charge is 0.288 e. The minimum absolute atomic E-state index is 0.462. The lowest BCUT2D eigenvalue weighted by atomic mass is 10.2. The van der Waals surface area contributed by atoms with E-state index in [2.05, 4.69) is 4.99 Å². The van der Waals surface area contributed by atoms with Gasteiger partial charge in [-0.15, -0.1) is 0 Å². The lowest BCUT2D eigenvalue weighted by molar-refractivity contribution is -0.129. The van der Waals surface area contributed by atoms with E-state index in [1.807, 2.05) is 0 Å². The molecule has 0 bridgehead atoms. The molecule has 0 saturated carbocycles. The fourth-order valence-electron chi connectivity index (χ4n) is 1.01. The van der Waals surface area contributed by atoms with Crippen LogP contribution in [0.15, 0.2) is 4.99 Å². The van der Waals surface area contributed by atoms with Gasteiger partial charge in [-0.05, 0) is 12.8 Å². The van der Waals surface area contributed by atoms with Crippen molar-refractivity contribution in [1.29, 1.82) is 0 Å². The topological polar surface area (TPSA) is 66.8 Å². The number of isocyanates is 1. The van der Waals surface area contributed by atoms with Gasteiger partial charge in [0.15, 0.2) is 0 Å². The van der Waals surface area contributed by atoms with Gasteiger partial charge in [0.05, 0.1) is 6.54 Å². The molecule has 14 heavy (non-hydrogen) atoms. The number of amides is 2. The van der Waals surface area contributed by atoms with Gasteiger partial charge in [-0.2, -0.15) is 0 Å². The van der Waals surface area contributed by atoms with Gasteiger partial charge in [-0.25, -0.2) is 9.79 Å². The van der Waals surface area contributed by atoms with E-state index in [1.165, 1.54) is 6.08 Å². The second-order valence-electron chi connectivity index (χ2n) is 2.84. The molecule has 0 aliphatic carbocycles. The SMILES string of the molecule is O=C=NCCCCCCN(C=O)C=O. The second-order valence-corrected chi connectivity index (χ2v) is 2.84. The summed E-state index contributed by atoms with van der Waals surface area (Å²) in [7, 11) is 0. The van der Waals surface area contributed by atoms with E-state index in [9.17, 15) is 14.4 Å². The van der Waals surface area contributed by atoms with E-state index in [-0.39, 0.29) is 0 Å². The molecule has 0 unspecified atom stereocenters. The van der Waals surface area contributed by atoms with Gasteiger partial charge in [-0.3, -0.25) is 14.5 Å². The number of unbranched alkanes of at least 4 members (excludes halogenated alkanes) is 3. The minimum atomic E-state index is 0.462. The molecule has 0 aliphatic heterocycles. The van der Waals surface area contributed by atoms with E-state index in [0.717, 1.165) is 30.6 Å². The van der Waals surface area contributed by atoms with Gasteiger partial charge >= 0.3 is 0 Å². The summed E-state index contributed by atoms with van der Waals surface area (Å²) in [5.74, 6) is 0. The van der Waals surface area contributed by atoms with Crippen molar-refractivity contribution in [3.8, 4) is 0 Å². The molecule has 2 amide bonds. The quantitative estimate of drug-likeness (QED) is 0.234. The molecule has 0 atom stereocenters. The average Bonchev–Trinajstić information content (AvgIpc) is 2.22. The Balaban J connectivity index is 3.24. The highest BCUT2D eigenvalue weighted by Crippen LogP contribution is 2.00. The molecule has 0 heterocycles. The molecule has 0 spiro atoms. The summed E-state index contributed by atoms with van der Waals surface area (Å²) in [6.45, 7) is 0.971. The normalized spacial score (nSPS) is 8.86. The van der Waals surface area contributed by atoms with Crippen LogP contribution in [0.2, 0.25) is 0 Å². The summed E-state index contributed by atoms with van der Waals surface area (Å²) in [5.41, 5.74) is 0. The molecule has 0 fully saturated rings. The zero-order valence-corrected chi connectivity index (χ0v) is 8.02. The van der Waals surface area contributed by atoms with Gasteiger partial charge < -0.3 is 0 Å². The molecule has 0 aromatic carbocycles. The predicted octanol–water partition coefficient (Wildman–Crippen LogP) is 0.497. The third-order valence-corrected chi connectivity index (χ3v) is 1.77. The van der Waals surface area contributed by atoms with Gasteiger partial charge in [0, 0.05) is 6.54 Å². The number of hydrogen-bond donors (Lipinski definition) is 0. The Morgan fingerprint density at radius 2 is 1.71 bits per heavy atom. The third kappa shape index (κ3) is 7.18. The van der Waals surface area contributed by atoms with Crippen molar-refractivity contribution >= 4 is 18.9 Å². The summed E-state index contributed by atoms with van der Waals surface area (Å²) in [5, 5.41) is 0. The highest BCUT2D eigenvalue weighted by molar-refractivity contribution is 5.68. The second kappa shape index (κ2) is 9.61. The Morgan fingerprint density at radius 1 is 1.07 bits per heavy atom. The van der Waals surface area contributed by atoms with E-state index in [1.54, 1.807) is 0 Å². The van der Waals surface area contributed by atoms with Gasteiger partial charge in [0.2, 0.25) is 18.9 Å². The zero-order valence-electron chi connectivity index (χ0n) is 8.02.